The summed E-state index contributed by atoms with van der Waals surface area (Å²) in [6.07, 6.45) is 3.03. The summed E-state index contributed by atoms with van der Waals surface area (Å²) in [4.78, 5) is 28.5. The fraction of sp³-hybridized carbons (Fsp3) is 0.375. The van der Waals surface area contributed by atoms with Crippen LogP contribution in [-0.2, 0) is 11.3 Å². The van der Waals surface area contributed by atoms with Gasteiger partial charge in [0.05, 0.1) is 23.3 Å². The maximum absolute atomic E-state index is 13.1. The monoisotopic (exact) mass is 314 g/mol. The minimum Gasteiger partial charge on any atom is -0.336 e. The van der Waals surface area contributed by atoms with E-state index in [1.54, 1.807) is 6.92 Å². The lowest BCUT2D eigenvalue weighted by Gasteiger charge is -2.23. The fourth-order valence-electron chi connectivity index (χ4n) is 2.61. The SMILES string of the molecule is CC(C#N)(NC(=O)Cn1cnc2cc(F)ccc2c1=O)C1CC1. The first-order valence-electron chi connectivity index (χ1n) is 7.30. The number of carbonyl (C=O) groups excluding carboxylic acids is 1. The van der Waals surface area contributed by atoms with Crippen molar-refractivity contribution in [1.82, 2.24) is 14.9 Å². The van der Waals surface area contributed by atoms with Gasteiger partial charge in [-0.2, -0.15) is 5.26 Å². The van der Waals surface area contributed by atoms with Gasteiger partial charge in [0.1, 0.15) is 17.9 Å². The second kappa shape index (κ2) is 5.47. The van der Waals surface area contributed by atoms with Crippen molar-refractivity contribution in [2.75, 3.05) is 0 Å². The number of rotatable bonds is 4. The third kappa shape index (κ3) is 2.93. The highest BCUT2D eigenvalue weighted by molar-refractivity contribution is 5.79. The van der Waals surface area contributed by atoms with Crippen molar-refractivity contribution in [1.29, 1.82) is 5.26 Å². The van der Waals surface area contributed by atoms with Crippen LogP contribution in [-0.4, -0.2) is 21.0 Å². The van der Waals surface area contributed by atoms with E-state index in [9.17, 15) is 19.2 Å². The molecular weight excluding hydrogens is 299 g/mol. The standard InChI is InChI=1S/C16H15FN4O2/c1-16(8-18,10-2-3-10)20-14(22)7-21-9-19-13-6-11(17)4-5-12(13)15(21)23/h4-6,9-10H,2-3,7H2,1H3,(H,20,22). The van der Waals surface area contributed by atoms with E-state index in [0.717, 1.165) is 17.4 Å². The average Bonchev–Trinajstić information content (AvgIpc) is 3.35. The van der Waals surface area contributed by atoms with Crippen molar-refractivity contribution in [3.05, 3.63) is 40.7 Å². The number of amides is 1. The minimum atomic E-state index is -0.909. The third-order valence-corrected chi connectivity index (χ3v) is 4.13. The summed E-state index contributed by atoms with van der Waals surface area (Å²) in [6, 6.07) is 5.82. The van der Waals surface area contributed by atoms with Gasteiger partial charge in [0.15, 0.2) is 0 Å². The molecular formula is C16H15FN4O2. The zero-order chi connectivity index (χ0) is 16.6. The van der Waals surface area contributed by atoms with Gasteiger partial charge in [-0.3, -0.25) is 14.2 Å². The molecule has 1 aliphatic carbocycles. The maximum atomic E-state index is 13.1. The first kappa shape index (κ1) is 15.2. The number of carbonyl (C=O) groups is 1. The molecule has 1 aliphatic rings. The first-order valence-corrected chi connectivity index (χ1v) is 7.30. The minimum absolute atomic E-state index is 0.158. The van der Waals surface area contributed by atoms with Crippen molar-refractivity contribution >= 4 is 16.8 Å². The molecule has 23 heavy (non-hydrogen) atoms. The Morgan fingerprint density at radius 3 is 2.96 bits per heavy atom. The molecule has 0 saturated heterocycles. The molecule has 1 fully saturated rings. The Bertz CT molecular complexity index is 882. The van der Waals surface area contributed by atoms with Crippen LogP contribution < -0.4 is 10.9 Å². The Labute approximate surface area is 131 Å². The van der Waals surface area contributed by atoms with E-state index in [4.69, 9.17) is 0 Å². The molecule has 1 unspecified atom stereocenters. The Morgan fingerprint density at radius 2 is 2.30 bits per heavy atom. The summed E-state index contributed by atoms with van der Waals surface area (Å²) in [6.45, 7) is 1.45. The molecule has 0 spiro atoms. The molecule has 118 valence electrons. The lowest BCUT2D eigenvalue weighted by atomic mass is 9.98. The van der Waals surface area contributed by atoms with Crippen LogP contribution in [0.4, 0.5) is 4.39 Å². The summed E-state index contributed by atoms with van der Waals surface area (Å²) < 4.78 is 14.3. The second-order valence-electron chi connectivity index (χ2n) is 5.98. The number of nitrogens with zero attached hydrogens (tertiary/aromatic N) is 3. The number of hydrogen-bond donors (Lipinski definition) is 1. The molecule has 7 heteroatoms. The number of hydrogen-bond acceptors (Lipinski definition) is 4. The lowest BCUT2D eigenvalue weighted by molar-refractivity contribution is -0.123. The zero-order valence-corrected chi connectivity index (χ0v) is 12.5. The van der Waals surface area contributed by atoms with Crippen LogP contribution in [0.5, 0.6) is 0 Å². The molecule has 0 radical (unpaired) electrons. The van der Waals surface area contributed by atoms with Crippen molar-refractivity contribution < 1.29 is 9.18 Å². The van der Waals surface area contributed by atoms with Gasteiger partial charge in [0.2, 0.25) is 5.91 Å². The van der Waals surface area contributed by atoms with E-state index in [1.807, 2.05) is 0 Å². The van der Waals surface area contributed by atoms with Gasteiger partial charge in [-0.05, 0) is 37.8 Å². The molecule has 1 atom stereocenters. The highest BCUT2D eigenvalue weighted by Crippen LogP contribution is 2.39. The summed E-state index contributed by atoms with van der Waals surface area (Å²) in [5.74, 6) is -0.744. The Balaban J connectivity index is 1.83. The lowest BCUT2D eigenvalue weighted by Crippen LogP contribution is -2.48. The second-order valence-corrected chi connectivity index (χ2v) is 5.98. The van der Waals surface area contributed by atoms with Crippen LogP contribution in [0.25, 0.3) is 10.9 Å². The van der Waals surface area contributed by atoms with E-state index >= 15 is 0 Å². The van der Waals surface area contributed by atoms with Gasteiger partial charge in [-0.1, -0.05) is 0 Å². The Morgan fingerprint density at radius 1 is 1.57 bits per heavy atom. The molecule has 1 amide bonds. The molecule has 0 aliphatic heterocycles. The molecule has 1 aromatic carbocycles. The predicted octanol–water partition coefficient (Wildman–Crippen LogP) is 1.34. The zero-order valence-electron chi connectivity index (χ0n) is 12.5. The number of fused-ring (bicyclic) bond motifs is 1. The fourth-order valence-corrected chi connectivity index (χ4v) is 2.61. The number of benzene rings is 1. The van der Waals surface area contributed by atoms with Crippen LogP contribution >= 0.6 is 0 Å². The van der Waals surface area contributed by atoms with Crippen molar-refractivity contribution in [3.8, 4) is 6.07 Å². The van der Waals surface area contributed by atoms with E-state index in [2.05, 4.69) is 16.4 Å². The van der Waals surface area contributed by atoms with Crippen LogP contribution in [0.2, 0.25) is 0 Å². The van der Waals surface area contributed by atoms with E-state index in [0.29, 0.717) is 0 Å². The van der Waals surface area contributed by atoms with Gasteiger partial charge in [-0.15, -0.1) is 0 Å². The van der Waals surface area contributed by atoms with Gasteiger partial charge >= 0.3 is 0 Å². The molecule has 2 aromatic rings. The number of aromatic nitrogens is 2. The van der Waals surface area contributed by atoms with Crippen molar-refractivity contribution in [2.45, 2.75) is 31.8 Å². The van der Waals surface area contributed by atoms with E-state index in [-0.39, 0.29) is 23.4 Å². The predicted molar refractivity (Wildman–Crippen MR) is 80.8 cm³/mol. The topological polar surface area (TPSA) is 87.8 Å². The highest BCUT2D eigenvalue weighted by Gasteiger charge is 2.43. The number of nitriles is 1. The normalized spacial score (nSPS) is 16.6. The van der Waals surface area contributed by atoms with Gasteiger partial charge in [0.25, 0.3) is 5.56 Å². The molecule has 1 saturated carbocycles. The molecule has 1 heterocycles. The molecule has 1 aromatic heterocycles. The highest BCUT2D eigenvalue weighted by atomic mass is 19.1. The van der Waals surface area contributed by atoms with Crippen LogP contribution in [0.3, 0.4) is 0 Å². The number of halogens is 1. The maximum Gasteiger partial charge on any atom is 0.261 e. The molecule has 1 N–H and O–H groups in total. The molecule has 6 nitrogen and oxygen atoms in total. The summed E-state index contributed by atoms with van der Waals surface area (Å²) >= 11 is 0. The van der Waals surface area contributed by atoms with Crippen LogP contribution in [0.1, 0.15) is 19.8 Å². The average molecular weight is 314 g/mol. The summed E-state index contributed by atoms with van der Waals surface area (Å²) in [7, 11) is 0. The quantitative estimate of drug-likeness (QED) is 0.922. The first-order chi connectivity index (χ1) is 10.9. The molecule has 0 bridgehead atoms. The molecule has 3 rings (SSSR count). The Kier molecular flexibility index (Phi) is 3.60. The Hall–Kier alpha value is -2.75. The van der Waals surface area contributed by atoms with Crippen LogP contribution in [0.15, 0.2) is 29.3 Å². The van der Waals surface area contributed by atoms with Crippen molar-refractivity contribution in [2.24, 2.45) is 5.92 Å². The summed E-state index contributed by atoms with van der Waals surface area (Å²) in [5.41, 5.74) is -1.09. The van der Waals surface area contributed by atoms with Gasteiger partial charge in [0, 0.05) is 6.07 Å². The van der Waals surface area contributed by atoms with E-state index < -0.39 is 22.8 Å². The summed E-state index contributed by atoms with van der Waals surface area (Å²) in [5, 5.41) is 12.2. The van der Waals surface area contributed by atoms with E-state index in [1.165, 1.54) is 24.5 Å². The third-order valence-electron chi connectivity index (χ3n) is 4.13. The van der Waals surface area contributed by atoms with Crippen LogP contribution in [0, 0.1) is 23.1 Å². The smallest absolute Gasteiger partial charge is 0.261 e. The van der Waals surface area contributed by atoms with Gasteiger partial charge < -0.3 is 5.32 Å². The van der Waals surface area contributed by atoms with Gasteiger partial charge in [-0.25, -0.2) is 9.37 Å². The van der Waals surface area contributed by atoms with Crippen molar-refractivity contribution in [3.63, 3.8) is 0 Å². The largest absolute Gasteiger partial charge is 0.336 e. The number of nitrogens with one attached hydrogen (secondary N) is 1.